The zero-order chi connectivity index (χ0) is 15.7. The third-order valence-corrected chi connectivity index (χ3v) is 3.80. The van der Waals surface area contributed by atoms with Crippen LogP contribution in [0.2, 0.25) is 0 Å². The lowest BCUT2D eigenvalue weighted by molar-refractivity contribution is -0.117. The number of nitrogens with zero attached hydrogens (tertiary/aromatic N) is 1. The molecule has 0 aliphatic carbocycles. The van der Waals surface area contributed by atoms with E-state index in [9.17, 15) is 14.0 Å². The molecule has 0 spiro atoms. The normalized spacial score (nSPS) is 17.1. The van der Waals surface area contributed by atoms with Crippen LogP contribution < -0.4 is 5.32 Å². The molecule has 0 bridgehead atoms. The molecule has 0 fully saturated rings. The van der Waals surface area contributed by atoms with Crippen molar-refractivity contribution in [2.75, 3.05) is 18.9 Å². The summed E-state index contributed by atoms with van der Waals surface area (Å²) in [5.41, 5.74) is 1.81. The van der Waals surface area contributed by atoms with E-state index in [1.807, 2.05) is 6.07 Å². The molecule has 0 radical (unpaired) electrons. The van der Waals surface area contributed by atoms with Gasteiger partial charge in [-0.25, -0.2) is 4.39 Å². The van der Waals surface area contributed by atoms with Crippen LogP contribution in [0.1, 0.15) is 21.8 Å². The van der Waals surface area contributed by atoms with E-state index in [4.69, 9.17) is 0 Å². The van der Waals surface area contributed by atoms with Crippen LogP contribution in [0, 0.1) is 5.82 Å². The van der Waals surface area contributed by atoms with Crippen molar-refractivity contribution >= 4 is 17.5 Å². The van der Waals surface area contributed by atoms with Gasteiger partial charge in [-0.05, 0) is 35.9 Å². The number of nitrogens with one attached hydrogen (secondary N) is 1. The molecule has 0 saturated carbocycles. The third-order valence-electron chi connectivity index (χ3n) is 3.80. The Bertz CT molecular complexity index is 728. The van der Waals surface area contributed by atoms with Crippen molar-refractivity contribution in [3.05, 3.63) is 65.5 Å². The Balaban J connectivity index is 1.88. The molecule has 22 heavy (non-hydrogen) atoms. The first-order valence-corrected chi connectivity index (χ1v) is 6.97. The highest BCUT2D eigenvalue weighted by Gasteiger charge is 2.33. The number of likely N-dealkylation sites (N-methyl/N-ethyl adjacent to an activating group) is 1. The number of anilines is 1. The molecule has 1 atom stereocenters. The predicted molar refractivity (Wildman–Crippen MR) is 81.2 cm³/mol. The van der Waals surface area contributed by atoms with Gasteiger partial charge in [-0.1, -0.05) is 18.2 Å². The number of hydrogen-bond acceptors (Lipinski definition) is 2. The van der Waals surface area contributed by atoms with Crippen molar-refractivity contribution in [2.45, 2.75) is 5.92 Å². The zero-order valence-corrected chi connectivity index (χ0v) is 12.0. The molecule has 4 nitrogen and oxygen atoms in total. The maximum absolute atomic E-state index is 12.9. The molecule has 112 valence electrons. The molecule has 1 unspecified atom stereocenters. The fourth-order valence-corrected chi connectivity index (χ4v) is 2.64. The van der Waals surface area contributed by atoms with E-state index in [0.29, 0.717) is 17.8 Å². The summed E-state index contributed by atoms with van der Waals surface area (Å²) in [5.74, 6) is -1.09. The van der Waals surface area contributed by atoms with Crippen LogP contribution in [0.4, 0.5) is 10.1 Å². The van der Waals surface area contributed by atoms with Gasteiger partial charge in [0, 0.05) is 24.8 Å². The Morgan fingerprint density at radius 1 is 1.18 bits per heavy atom. The van der Waals surface area contributed by atoms with Crippen molar-refractivity contribution < 1.29 is 14.0 Å². The van der Waals surface area contributed by atoms with Crippen LogP contribution in [0.25, 0.3) is 0 Å². The summed E-state index contributed by atoms with van der Waals surface area (Å²) in [6.07, 6.45) is 0. The predicted octanol–water partition coefficient (Wildman–Crippen LogP) is 2.63. The monoisotopic (exact) mass is 298 g/mol. The topological polar surface area (TPSA) is 49.4 Å². The van der Waals surface area contributed by atoms with Gasteiger partial charge in [-0.3, -0.25) is 9.59 Å². The van der Waals surface area contributed by atoms with Crippen molar-refractivity contribution in [1.29, 1.82) is 0 Å². The summed E-state index contributed by atoms with van der Waals surface area (Å²) >= 11 is 0. The minimum atomic E-state index is -0.441. The highest BCUT2D eigenvalue weighted by molar-refractivity contribution is 6.03. The number of rotatable bonds is 2. The van der Waals surface area contributed by atoms with Crippen LogP contribution in [0.3, 0.4) is 0 Å². The van der Waals surface area contributed by atoms with Gasteiger partial charge in [0.15, 0.2) is 0 Å². The average molecular weight is 298 g/mol. The van der Waals surface area contributed by atoms with E-state index in [2.05, 4.69) is 5.32 Å². The Hall–Kier alpha value is -2.69. The third kappa shape index (κ3) is 2.57. The van der Waals surface area contributed by atoms with Gasteiger partial charge < -0.3 is 10.2 Å². The minimum absolute atomic E-state index is 0.0820. The standard InChI is InChI=1S/C17H15FN2O2/c1-20-10-15(13-4-2-3-5-14(13)17(20)22)16(21)19-12-8-6-11(18)7-9-12/h2-9,15H,10H2,1H3,(H,19,21). The average Bonchev–Trinajstić information content (AvgIpc) is 2.53. The smallest absolute Gasteiger partial charge is 0.253 e. The van der Waals surface area contributed by atoms with Crippen molar-refractivity contribution in [3.8, 4) is 0 Å². The Kier molecular flexibility index (Phi) is 3.63. The lowest BCUT2D eigenvalue weighted by Crippen LogP contribution is -2.41. The second-order valence-electron chi connectivity index (χ2n) is 5.32. The number of fused-ring (bicyclic) bond motifs is 1. The Labute approximate surface area is 127 Å². The van der Waals surface area contributed by atoms with Crippen LogP contribution in [-0.4, -0.2) is 30.3 Å². The summed E-state index contributed by atoms with van der Waals surface area (Å²) in [7, 11) is 1.68. The molecule has 1 aliphatic rings. The minimum Gasteiger partial charge on any atom is -0.341 e. The first kappa shape index (κ1) is 14.3. The zero-order valence-electron chi connectivity index (χ0n) is 12.0. The maximum Gasteiger partial charge on any atom is 0.253 e. The molecular weight excluding hydrogens is 283 g/mol. The van der Waals surface area contributed by atoms with Gasteiger partial charge in [-0.15, -0.1) is 0 Å². The first-order chi connectivity index (χ1) is 10.6. The molecular formula is C17H15FN2O2. The van der Waals surface area contributed by atoms with Crippen molar-refractivity contribution in [1.82, 2.24) is 4.90 Å². The van der Waals surface area contributed by atoms with Crippen molar-refractivity contribution in [3.63, 3.8) is 0 Å². The molecule has 1 aliphatic heterocycles. The van der Waals surface area contributed by atoms with Gasteiger partial charge >= 0.3 is 0 Å². The second-order valence-corrected chi connectivity index (χ2v) is 5.32. The van der Waals surface area contributed by atoms with Crippen LogP contribution in [0.15, 0.2) is 48.5 Å². The largest absolute Gasteiger partial charge is 0.341 e. The van der Waals surface area contributed by atoms with Gasteiger partial charge in [0.2, 0.25) is 5.91 Å². The Morgan fingerprint density at radius 3 is 2.59 bits per heavy atom. The highest BCUT2D eigenvalue weighted by Crippen LogP contribution is 2.28. The van der Waals surface area contributed by atoms with Gasteiger partial charge in [-0.2, -0.15) is 0 Å². The van der Waals surface area contributed by atoms with E-state index in [-0.39, 0.29) is 17.6 Å². The van der Waals surface area contributed by atoms with E-state index in [1.54, 1.807) is 25.2 Å². The van der Waals surface area contributed by atoms with Crippen molar-refractivity contribution in [2.24, 2.45) is 0 Å². The number of halogens is 1. The van der Waals surface area contributed by atoms with E-state index < -0.39 is 5.92 Å². The number of benzene rings is 2. The van der Waals surface area contributed by atoms with E-state index in [1.165, 1.54) is 29.2 Å². The number of carbonyl (C=O) groups excluding carboxylic acids is 2. The quantitative estimate of drug-likeness (QED) is 0.926. The van der Waals surface area contributed by atoms with Crippen LogP contribution in [-0.2, 0) is 4.79 Å². The molecule has 5 heteroatoms. The summed E-state index contributed by atoms with van der Waals surface area (Å²) in [6.45, 7) is 0.322. The number of amides is 2. The molecule has 1 heterocycles. The fourth-order valence-electron chi connectivity index (χ4n) is 2.64. The first-order valence-electron chi connectivity index (χ1n) is 6.97. The summed E-state index contributed by atoms with van der Waals surface area (Å²) < 4.78 is 12.9. The molecule has 2 aromatic carbocycles. The molecule has 2 aromatic rings. The van der Waals surface area contributed by atoms with E-state index in [0.717, 1.165) is 5.56 Å². The molecule has 3 rings (SSSR count). The highest BCUT2D eigenvalue weighted by atomic mass is 19.1. The maximum atomic E-state index is 12.9. The summed E-state index contributed by atoms with van der Waals surface area (Å²) in [5, 5.41) is 2.77. The summed E-state index contributed by atoms with van der Waals surface area (Å²) in [4.78, 5) is 26.2. The fraction of sp³-hybridized carbons (Fsp3) is 0.176. The molecule has 1 N–H and O–H groups in total. The molecule has 2 amide bonds. The van der Waals surface area contributed by atoms with Gasteiger partial charge in [0.05, 0.1) is 5.92 Å². The molecule has 0 aromatic heterocycles. The van der Waals surface area contributed by atoms with Gasteiger partial charge in [0.25, 0.3) is 5.91 Å². The Morgan fingerprint density at radius 2 is 1.86 bits per heavy atom. The lowest BCUT2D eigenvalue weighted by atomic mass is 9.89. The van der Waals surface area contributed by atoms with Gasteiger partial charge in [0.1, 0.15) is 5.82 Å². The van der Waals surface area contributed by atoms with Crippen LogP contribution >= 0.6 is 0 Å². The van der Waals surface area contributed by atoms with E-state index >= 15 is 0 Å². The number of carbonyl (C=O) groups is 2. The second kappa shape index (κ2) is 5.60. The number of hydrogen-bond donors (Lipinski definition) is 1. The van der Waals surface area contributed by atoms with Crippen LogP contribution in [0.5, 0.6) is 0 Å². The molecule has 0 saturated heterocycles. The SMILES string of the molecule is CN1CC(C(=O)Nc2ccc(F)cc2)c2ccccc2C1=O. The lowest BCUT2D eigenvalue weighted by Gasteiger charge is -2.31. The summed E-state index contributed by atoms with van der Waals surface area (Å²) in [6, 6.07) is 12.7.